The summed E-state index contributed by atoms with van der Waals surface area (Å²) < 4.78 is 12.9. The highest BCUT2D eigenvalue weighted by atomic mass is 19.1. The van der Waals surface area contributed by atoms with Crippen molar-refractivity contribution in [3.05, 3.63) is 71.5 Å². The van der Waals surface area contributed by atoms with E-state index in [1.807, 2.05) is 30.3 Å². The van der Waals surface area contributed by atoms with E-state index in [2.05, 4.69) is 5.32 Å². The summed E-state index contributed by atoms with van der Waals surface area (Å²) in [7, 11) is 0. The molecule has 1 atom stereocenters. The van der Waals surface area contributed by atoms with Crippen molar-refractivity contribution >= 4 is 5.91 Å². The fourth-order valence-electron chi connectivity index (χ4n) is 2.69. The fraction of sp³-hybridized carbons (Fsp3) is 0.278. The number of aliphatic hydroxyl groups excluding tert-OH is 1. The summed E-state index contributed by atoms with van der Waals surface area (Å²) in [6.45, 7) is 0.124. The molecule has 2 aromatic rings. The summed E-state index contributed by atoms with van der Waals surface area (Å²) in [5.41, 5.74) is 1.17. The Morgan fingerprint density at radius 1 is 1.14 bits per heavy atom. The molecule has 0 aliphatic heterocycles. The maximum Gasteiger partial charge on any atom is 0.230 e. The van der Waals surface area contributed by atoms with Crippen LogP contribution in [0.1, 0.15) is 30.1 Å². The molecule has 1 saturated carbocycles. The van der Waals surface area contributed by atoms with Crippen molar-refractivity contribution in [2.45, 2.75) is 24.4 Å². The van der Waals surface area contributed by atoms with Crippen LogP contribution in [-0.2, 0) is 10.2 Å². The maximum absolute atomic E-state index is 12.9. The molecule has 1 aliphatic carbocycles. The molecule has 114 valence electrons. The van der Waals surface area contributed by atoms with Gasteiger partial charge in [0, 0.05) is 6.54 Å². The summed E-state index contributed by atoms with van der Waals surface area (Å²) in [6.07, 6.45) is 0.821. The van der Waals surface area contributed by atoms with Gasteiger partial charge in [-0.1, -0.05) is 42.5 Å². The highest BCUT2D eigenvalue weighted by Crippen LogP contribution is 2.48. The van der Waals surface area contributed by atoms with Gasteiger partial charge in [0.2, 0.25) is 5.91 Å². The molecular formula is C18H18FNO2. The van der Waals surface area contributed by atoms with Gasteiger partial charge in [0.1, 0.15) is 5.82 Å². The van der Waals surface area contributed by atoms with Crippen molar-refractivity contribution in [2.75, 3.05) is 6.54 Å². The van der Waals surface area contributed by atoms with Gasteiger partial charge in [-0.05, 0) is 36.1 Å². The number of hydrogen-bond acceptors (Lipinski definition) is 2. The standard InChI is InChI=1S/C18H18FNO2/c19-15-8-6-13(7-9-15)16(21)12-20-17(22)18(10-11-18)14-4-2-1-3-5-14/h1-9,16,21H,10-12H2,(H,20,22). The van der Waals surface area contributed by atoms with Crippen LogP contribution in [0.15, 0.2) is 54.6 Å². The van der Waals surface area contributed by atoms with E-state index in [4.69, 9.17) is 0 Å². The lowest BCUT2D eigenvalue weighted by Gasteiger charge is -2.18. The first-order valence-electron chi connectivity index (χ1n) is 7.39. The summed E-state index contributed by atoms with van der Waals surface area (Å²) in [5.74, 6) is -0.402. The van der Waals surface area contributed by atoms with Crippen LogP contribution in [0.2, 0.25) is 0 Å². The molecule has 1 amide bonds. The van der Waals surface area contributed by atoms with E-state index in [1.165, 1.54) is 24.3 Å². The molecule has 1 fully saturated rings. The Hall–Kier alpha value is -2.20. The van der Waals surface area contributed by atoms with Crippen LogP contribution in [0.3, 0.4) is 0 Å². The Bertz CT molecular complexity index is 651. The molecule has 3 rings (SSSR count). The second-order valence-corrected chi connectivity index (χ2v) is 5.73. The van der Waals surface area contributed by atoms with Crippen molar-refractivity contribution in [2.24, 2.45) is 0 Å². The van der Waals surface area contributed by atoms with Gasteiger partial charge in [-0.25, -0.2) is 4.39 Å². The molecule has 2 N–H and O–H groups in total. The summed E-state index contributed by atoms with van der Waals surface area (Å²) >= 11 is 0. The molecule has 0 heterocycles. The molecule has 0 radical (unpaired) electrons. The second kappa shape index (κ2) is 5.89. The van der Waals surface area contributed by atoms with Crippen LogP contribution in [0.4, 0.5) is 4.39 Å². The minimum Gasteiger partial charge on any atom is -0.387 e. The van der Waals surface area contributed by atoms with E-state index in [0.29, 0.717) is 5.56 Å². The van der Waals surface area contributed by atoms with E-state index < -0.39 is 11.5 Å². The largest absolute Gasteiger partial charge is 0.387 e. The number of hydrogen-bond donors (Lipinski definition) is 2. The Morgan fingerprint density at radius 2 is 1.77 bits per heavy atom. The highest BCUT2D eigenvalue weighted by Gasteiger charge is 2.51. The fourth-order valence-corrected chi connectivity index (χ4v) is 2.69. The number of amides is 1. The zero-order valence-electron chi connectivity index (χ0n) is 12.1. The minimum atomic E-state index is -0.837. The number of nitrogens with one attached hydrogen (secondary N) is 1. The van der Waals surface area contributed by atoms with Crippen molar-refractivity contribution in [1.29, 1.82) is 0 Å². The van der Waals surface area contributed by atoms with E-state index in [1.54, 1.807) is 0 Å². The van der Waals surface area contributed by atoms with Crippen molar-refractivity contribution in [1.82, 2.24) is 5.32 Å². The summed E-state index contributed by atoms with van der Waals surface area (Å²) in [6, 6.07) is 15.3. The first-order valence-corrected chi connectivity index (χ1v) is 7.39. The SMILES string of the molecule is O=C(NCC(O)c1ccc(F)cc1)C1(c2ccccc2)CC1. The van der Waals surface area contributed by atoms with Gasteiger partial charge in [0.15, 0.2) is 0 Å². The second-order valence-electron chi connectivity index (χ2n) is 5.73. The van der Waals surface area contributed by atoms with Gasteiger partial charge in [-0.3, -0.25) is 4.79 Å². The Morgan fingerprint density at radius 3 is 2.36 bits per heavy atom. The van der Waals surface area contributed by atoms with Crippen LogP contribution < -0.4 is 5.32 Å². The average molecular weight is 299 g/mol. The van der Waals surface area contributed by atoms with E-state index in [-0.39, 0.29) is 18.3 Å². The quantitative estimate of drug-likeness (QED) is 0.892. The van der Waals surface area contributed by atoms with Gasteiger partial charge >= 0.3 is 0 Å². The van der Waals surface area contributed by atoms with Gasteiger partial charge in [-0.2, -0.15) is 0 Å². The topological polar surface area (TPSA) is 49.3 Å². The van der Waals surface area contributed by atoms with Crippen molar-refractivity contribution in [3.8, 4) is 0 Å². The number of halogens is 1. The van der Waals surface area contributed by atoms with Gasteiger partial charge < -0.3 is 10.4 Å². The van der Waals surface area contributed by atoms with Gasteiger partial charge in [0.05, 0.1) is 11.5 Å². The molecule has 0 spiro atoms. The van der Waals surface area contributed by atoms with Crippen molar-refractivity contribution in [3.63, 3.8) is 0 Å². The number of carbonyl (C=O) groups excluding carboxylic acids is 1. The normalized spacial score (nSPS) is 16.8. The summed E-state index contributed by atoms with van der Waals surface area (Å²) in [4.78, 5) is 12.4. The summed E-state index contributed by atoms with van der Waals surface area (Å²) in [5, 5.41) is 12.9. The molecule has 4 heteroatoms. The Labute approximate surface area is 128 Å². The molecule has 0 bridgehead atoms. The smallest absolute Gasteiger partial charge is 0.230 e. The molecule has 2 aromatic carbocycles. The third kappa shape index (κ3) is 2.88. The van der Waals surface area contributed by atoms with Gasteiger partial charge in [0.25, 0.3) is 0 Å². The van der Waals surface area contributed by atoms with Crippen LogP contribution in [0.25, 0.3) is 0 Å². The zero-order chi connectivity index (χ0) is 15.6. The van der Waals surface area contributed by atoms with E-state index in [9.17, 15) is 14.3 Å². The Balaban J connectivity index is 1.62. The molecular weight excluding hydrogens is 281 g/mol. The predicted octanol–water partition coefficient (Wildman–Crippen LogP) is 2.71. The number of carbonyl (C=O) groups is 1. The lowest BCUT2D eigenvalue weighted by atomic mass is 9.95. The minimum absolute atomic E-state index is 0.0557. The lowest BCUT2D eigenvalue weighted by molar-refractivity contribution is -0.124. The molecule has 0 saturated heterocycles. The molecule has 1 unspecified atom stereocenters. The number of aliphatic hydroxyl groups is 1. The number of benzene rings is 2. The molecule has 0 aromatic heterocycles. The predicted molar refractivity (Wildman–Crippen MR) is 81.7 cm³/mol. The Kier molecular flexibility index (Phi) is 3.94. The number of rotatable bonds is 5. The van der Waals surface area contributed by atoms with Gasteiger partial charge in [-0.15, -0.1) is 0 Å². The average Bonchev–Trinajstić information content (AvgIpc) is 3.36. The van der Waals surface area contributed by atoms with E-state index >= 15 is 0 Å². The van der Waals surface area contributed by atoms with E-state index in [0.717, 1.165) is 18.4 Å². The van der Waals surface area contributed by atoms with Crippen LogP contribution in [0, 0.1) is 5.82 Å². The van der Waals surface area contributed by atoms with Crippen molar-refractivity contribution < 1.29 is 14.3 Å². The molecule has 1 aliphatic rings. The first kappa shape index (κ1) is 14.7. The maximum atomic E-state index is 12.9. The highest BCUT2D eigenvalue weighted by molar-refractivity contribution is 5.91. The molecule has 22 heavy (non-hydrogen) atoms. The van der Waals surface area contributed by atoms with Crippen LogP contribution in [-0.4, -0.2) is 17.6 Å². The zero-order valence-corrected chi connectivity index (χ0v) is 12.1. The van der Waals surface area contributed by atoms with Crippen LogP contribution in [0.5, 0.6) is 0 Å². The monoisotopic (exact) mass is 299 g/mol. The first-order chi connectivity index (χ1) is 10.6. The third-order valence-electron chi connectivity index (χ3n) is 4.22. The lowest BCUT2D eigenvalue weighted by Crippen LogP contribution is -2.37. The molecule has 3 nitrogen and oxygen atoms in total. The van der Waals surface area contributed by atoms with Crippen LogP contribution >= 0.6 is 0 Å². The third-order valence-corrected chi connectivity index (χ3v) is 4.22.